The van der Waals surface area contributed by atoms with E-state index in [1.165, 1.54) is 16.3 Å². The number of hydrogen-bond acceptors (Lipinski definition) is 3. The standard InChI is InChI=1S/C19H22N2O3/c1-24-10-9-20-18(22)12-21-19(23)17-11-16(17)15-8-4-6-13-5-2-3-7-14(13)15/h2-8,16-17H,9-12H2,1H3,(H,20,22)(H,21,23). The minimum Gasteiger partial charge on any atom is -0.383 e. The Balaban J connectivity index is 1.55. The number of rotatable bonds is 7. The Morgan fingerprint density at radius 1 is 1.12 bits per heavy atom. The van der Waals surface area contributed by atoms with Crippen LogP contribution in [0.1, 0.15) is 17.9 Å². The number of ether oxygens (including phenoxy) is 1. The van der Waals surface area contributed by atoms with E-state index in [-0.39, 0.29) is 30.2 Å². The summed E-state index contributed by atoms with van der Waals surface area (Å²) in [5.74, 6) is -0.0344. The molecule has 126 valence electrons. The zero-order chi connectivity index (χ0) is 16.9. The molecule has 0 radical (unpaired) electrons. The summed E-state index contributed by atoms with van der Waals surface area (Å²) in [6.45, 7) is 0.931. The van der Waals surface area contributed by atoms with E-state index in [9.17, 15) is 9.59 Å². The molecule has 1 aliphatic carbocycles. The average molecular weight is 326 g/mol. The fraction of sp³-hybridized carbons (Fsp3) is 0.368. The summed E-state index contributed by atoms with van der Waals surface area (Å²) in [4.78, 5) is 23.9. The van der Waals surface area contributed by atoms with Gasteiger partial charge in [0.25, 0.3) is 0 Å². The Bertz CT molecular complexity index is 739. The van der Waals surface area contributed by atoms with Gasteiger partial charge >= 0.3 is 0 Å². The molecule has 0 heterocycles. The number of fused-ring (bicyclic) bond motifs is 1. The Kier molecular flexibility index (Phi) is 5.11. The van der Waals surface area contributed by atoms with Crippen LogP contribution in [-0.2, 0) is 14.3 Å². The first-order chi connectivity index (χ1) is 11.7. The van der Waals surface area contributed by atoms with E-state index >= 15 is 0 Å². The second-order valence-electron chi connectivity index (χ2n) is 6.08. The van der Waals surface area contributed by atoms with Gasteiger partial charge in [0.15, 0.2) is 0 Å². The number of carbonyl (C=O) groups excluding carboxylic acids is 2. The third kappa shape index (κ3) is 3.74. The van der Waals surface area contributed by atoms with E-state index in [1.54, 1.807) is 7.11 Å². The van der Waals surface area contributed by atoms with Crippen LogP contribution in [0.5, 0.6) is 0 Å². The van der Waals surface area contributed by atoms with Crippen molar-refractivity contribution >= 4 is 22.6 Å². The first-order valence-corrected chi connectivity index (χ1v) is 8.21. The zero-order valence-corrected chi connectivity index (χ0v) is 13.7. The van der Waals surface area contributed by atoms with Crippen molar-refractivity contribution in [2.45, 2.75) is 12.3 Å². The van der Waals surface area contributed by atoms with E-state index in [0.29, 0.717) is 13.2 Å². The fourth-order valence-electron chi connectivity index (χ4n) is 3.06. The van der Waals surface area contributed by atoms with E-state index in [1.807, 2.05) is 18.2 Å². The zero-order valence-electron chi connectivity index (χ0n) is 13.7. The molecule has 2 atom stereocenters. The van der Waals surface area contributed by atoms with Crippen LogP contribution in [0, 0.1) is 5.92 Å². The highest BCUT2D eigenvalue weighted by Crippen LogP contribution is 2.49. The molecule has 2 unspecified atom stereocenters. The number of carbonyl (C=O) groups is 2. The largest absolute Gasteiger partial charge is 0.383 e. The highest BCUT2D eigenvalue weighted by molar-refractivity contribution is 5.91. The van der Waals surface area contributed by atoms with Crippen LogP contribution in [0.4, 0.5) is 0 Å². The summed E-state index contributed by atoms with van der Waals surface area (Å²) in [7, 11) is 1.58. The first kappa shape index (κ1) is 16.5. The maximum absolute atomic E-state index is 12.2. The quantitative estimate of drug-likeness (QED) is 0.763. The average Bonchev–Trinajstić information content (AvgIpc) is 3.40. The summed E-state index contributed by atoms with van der Waals surface area (Å²) in [6.07, 6.45) is 0.838. The van der Waals surface area contributed by atoms with Crippen LogP contribution in [0.2, 0.25) is 0 Å². The van der Waals surface area contributed by atoms with Crippen LogP contribution >= 0.6 is 0 Å². The summed E-state index contributed by atoms with van der Waals surface area (Å²) in [5.41, 5.74) is 1.22. The van der Waals surface area contributed by atoms with Crippen LogP contribution < -0.4 is 10.6 Å². The maximum Gasteiger partial charge on any atom is 0.239 e. The Hall–Kier alpha value is -2.40. The van der Waals surface area contributed by atoms with Crippen molar-refractivity contribution < 1.29 is 14.3 Å². The monoisotopic (exact) mass is 326 g/mol. The molecule has 5 heteroatoms. The predicted molar refractivity (Wildman–Crippen MR) is 92.7 cm³/mol. The number of benzene rings is 2. The smallest absolute Gasteiger partial charge is 0.239 e. The first-order valence-electron chi connectivity index (χ1n) is 8.21. The van der Waals surface area contributed by atoms with Gasteiger partial charge in [-0.25, -0.2) is 0 Å². The highest BCUT2D eigenvalue weighted by atomic mass is 16.5. The molecule has 2 aromatic rings. The molecule has 1 saturated carbocycles. The Morgan fingerprint density at radius 3 is 2.75 bits per heavy atom. The lowest BCUT2D eigenvalue weighted by Gasteiger charge is -2.08. The van der Waals surface area contributed by atoms with Gasteiger partial charge in [-0.3, -0.25) is 9.59 Å². The molecule has 1 aliphatic rings. The molecule has 0 bridgehead atoms. The molecule has 2 amide bonds. The van der Waals surface area contributed by atoms with Gasteiger partial charge in [-0.15, -0.1) is 0 Å². The molecule has 3 rings (SSSR count). The third-order valence-electron chi connectivity index (χ3n) is 4.40. The van der Waals surface area contributed by atoms with Gasteiger partial charge in [0.2, 0.25) is 11.8 Å². The lowest BCUT2D eigenvalue weighted by Crippen LogP contribution is -2.38. The van der Waals surface area contributed by atoms with Gasteiger partial charge < -0.3 is 15.4 Å². The molecule has 2 aromatic carbocycles. The van der Waals surface area contributed by atoms with Crippen molar-refractivity contribution in [3.8, 4) is 0 Å². The topological polar surface area (TPSA) is 67.4 Å². The molecular weight excluding hydrogens is 304 g/mol. The van der Waals surface area contributed by atoms with Gasteiger partial charge in [-0.1, -0.05) is 42.5 Å². The van der Waals surface area contributed by atoms with Crippen LogP contribution in [0.15, 0.2) is 42.5 Å². The number of amides is 2. The molecule has 5 nitrogen and oxygen atoms in total. The molecule has 0 aliphatic heterocycles. The van der Waals surface area contributed by atoms with Crippen molar-refractivity contribution in [3.05, 3.63) is 48.0 Å². The molecule has 2 N–H and O–H groups in total. The van der Waals surface area contributed by atoms with Gasteiger partial charge in [0.05, 0.1) is 13.2 Å². The summed E-state index contributed by atoms with van der Waals surface area (Å²) in [6, 6.07) is 14.4. The van der Waals surface area contributed by atoms with Crippen LogP contribution in [-0.4, -0.2) is 38.6 Å². The van der Waals surface area contributed by atoms with Gasteiger partial charge in [-0.2, -0.15) is 0 Å². The highest BCUT2D eigenvalue weighted by Gasteiger charge is 2.44. The Labute approximate surface area is 141 Å². The second kappa shape index (κ2) is 7.45. The van der Waals surface area contributed by atoms with E-state index in [4.69, 9.17) is 4.74 Å². The maximum atomic E-state index is 12.2. The van der Waals surface area contributed by atoms with Gasteiger partial charge in [-0.05, 0) is 28.7 Å². The van der Waals surface area contributed by atoms with E-state index < -0.39 is 0 Å². The molecule has 24 heavy (non-hydrogen) atoms. The lowest BCUT2D eigenvalue weighted by molar-refractivity contribution is -0.126. The van der Waals surface area contributed by atoms with Crippen LogP contribution in [0.3, 0.4) is 0 Å². The summed E-state index contributed by atoms with van der Waals surface area (Å²) >= 11 is 0. The minimum absolute atomic E-state index is 0.0152. The van der Waals surface area contributed by atoms with Crippen molar-refractivity contribution in [2.24, 2.45) is 5.92 Å². The number of nitrogens with one attached hydrogen (secondary N) is 2. The van der Waals surface area contributed by atoms with Crippen LogP contribution in [0.25, 0.3) is 10.8 Å². The summed E-state index contributed by atoms with van der Waals surface area (Å²) in [5, 5.41) is 7.81. The van der Waals surface area contributed by atoms with Gasteiger partial charge in [0, 0.05) is 19.6 Å². The van der Waals surface area contributed by atoms with Crippen molar-refractivity contribution in [1.29, 1.82) is 0 Å². The molecule has 0 saturated heterocycles. The number of methoxy groups -OCH3 is 1. The summed E-state index contributed by atoms with van der Waals surface area (Å²) < 4.78 is 4.86. The van der Waals surface area contributed by atoms with Crippen molar-refractivity contribution in [2.75, 3.05) is 26.8 Å². The third-order valence-corrected chi connectivity index (χ3v) is 4.40. The van der Waals surface area contributed by atoms with Crippen molar-refractivity contribution in [3.63, 3.8) is 0 Å². The second-order valence-corrected chi connectivity index (χ2v) is 6.08. The van der Waals surface area contributed by atoms with E-state index in [2.05, 4.69) is 34.9 Å². The van der Waals surface area contributed by atoms with Gasteiger partial charge in [0.1, 0.15) is 0 Å². The normalized spacial score (nSPS) is 19.0. The van der Waals surface area contributed by atoms with E-state index in [0.717, 1.165) is 6.42 Å². The molecule has 1 fully saturated rings. The Morgan fingerprint density at radius 2 is 1.92 bits per heavy atom. The SMILES string of the molecule is COCCNC(=O)CNC(=O)C1CC1c1cccc2ccccc12. The molecule has 0 spiro atoms. The predicted octanol–water partition coefficient (Wildman–Crippen LogP) is 1.82. The molecular formula is C19H22N2O3. The molecule has 0 aromatic heterocycles. The van der Waals surface area contributed by atoms with Crippen molar-refractivity contribution in [1.82, 2.24) is 10.6 Å². The fourth-order valence-corrected chi connectivity index (χ4v) is 3.06. The lowest BCUT2D eigenvalue weighted by atomic mass is 10.00. The minimum atomic E-state index is -0.192. The number of hydrogen-bond donors (Lipinski definition) is 2.